The first-order chi connectivity index (χ1) is 42.7. The second kappa shape index (κ2) is 37.8. The molecular formula is C59H97N17O12S2. The molecule has 0 radical (unpaired) electrons. The maximum Gasteiger partial charge on any atom is 0.326 e. The van der Waals surface area contributed by atoms with E-state index in [1.165, 1.54) is 51.1 Å². The van der Waals surface area contributed by atoms with Gasteiger partial charge in [-0.2, -0.15) is 0 Å². The molecule has 1 aromatic carbocycles. The third-order valence-corrected chi connectivity index (χ3v) is 19.0. The van der Waals surface area contributed by atoms with Gasteiger partial charge in [0, 0.05) is 49.3 Å². The number of aromatic nitrogens is 2. The minimum absolute atomic E-state index is 0.0493. The van der Waals surface area contributed by atoms with Crippen LogP contribution in [0, 0.1) is 17.2 Å². The van der Waals surface area contributed by atoms with Crippen molar-refractivity contribution in [3.8, 4) is 5.75 Å². The van der Waals surface area contributed by atoms with E-state index in [4.69, 9.17) is 11.1 Å². The molecule has 90 heavy (non-hydrogen) atoms. The lowest BCUT2D eigenvalue weighted by molar-refractivity contribution is -0.146. The number of hydrogen-bond donors (Lipinski definition) is 17. The number of carbonyl (C=O) groups is 8. The van der Waals surface area contributed by atoms with Gasteiger partial charge >= 0.3 is 5.97 Å². The smallest absolute Gasteiger partial charge is 0.326 e. The van der Waals surface area contributed by atoms with Crippen LogP contribution in [0.2, 0.25) is 0 Å². The number of amides is 7. The first-order valence-corrected chi connectivity index (χ1v) is 33.2. The lowest BCUT2D eigenvalue weighted by Gasteiger charge is -2.31. The highest BCUT2D eigenvalue weighted by Crippen LogP contribution is 2.26. The molecule has 2 aliphatic rings. The Bertz CT molecular complexity index is 2700. The summed E-state index contributed by atoms with van der Waals surface area (Å²) in [5.74, 6) is -5.87. The molecule has 2 saturated heterocycles. The van der Waals surface area contributed by atoms with Gasteiger partial charge in [0.2, 0.25) is 41.4 Å². The number of nitrogens with one attached hydrogen (secondary N) is 12. The lowest BCUT2D eigenvalue weighted by atomic mass is 9.94. The number of rotatable bonds is 34. The molecule has 29 nitrogen and oxygen atoms in total. The maximum atomic E-state index is 14.6. The minimum atomic E-state index is -1.37. The van der Waals surface area contributed by atoms with Gasteiger partial charge in [-0.3, -0.25) is 39.0 Å². The topological polar surface area (TPSA) is 444 Å². The Labute approximate surface area is 534 Å². The van der Waals surface area contributed by atoms with E-state index < -0.39 is 107 Å². The number of H-pyrrole nitrogens is 1. The predicted molar refractivity (Wildman–Crippen MR) is 345 cm³/mol. The van der Waals surface area contributed by atoms with Crippen molar-refractivity contribution in [3.05, 3.63) is 48.0 Å². The van der Waals surface area contributed by atoms with E-state index in [0.717, 1.165) is 12.8 Å². The van der Waals surface area contributed by atoms with Crippen molar-refractivity contribution in [2.24, 2.45) is 27.9 Å². The van der Waals surface area contributed by atoms with Crippen LogP contribution < -0.4 is 58.9 Å². The zero-order valence-corrected chi connectivity index (χ0v) is 54.7. The van der Waals surface area contributed by atoms with Gasteiger partial charge in [-0.05, 0) is 148 Å². The number of phenolic OH excluding ortho intramolecular Hbond substituents is 1. The minimum Gasteiger partial charge on any atom is -0.508 e. The summed E-state index contributed by atoms with van der Waals surface area (Å²) < 4.78 is 0. The number of imidazole rings is 1. The van der Waals surface area contributed by atoms with Crippen LogP contribution in [-0.2, 0) is 51.2 Å². The van der Waals surface area contributed by atoms with Crippen molar-refractivity contribution >= 4 is 86.3 Å². The SMILES string of the molecule is CCC(C)[C@H](NC(=O)[C@@H]1CCCN1C(=O)[C@H](Cc1cnc[nH]1)NC(=O)[C@@H]1CCSSCC[C@H](NC(=O)[C@H](CCCNC(=N)N)NC(=O)CNCCC(CCNC(C)(C)/C(C)=N\O)CCNC(C)(C)/C(C)=N\O)C(=O)N[C@@H](Cc2ccc(O)cc2)C(=O)N1)C(=O)O. The predicted octanol–water partition coefficient (Wildman–Crippen LogP) is 1.18. The van der Waals surface area contributed by atoms with Crippen LogP contribution in [0.25, 0.3) is 0 Å². The van der Waals surface area contributed by atoms with Gasteiger partial charge in [-0.15, -0.1) is 0 Å². The van der Waals surface area contributed by atoms with Crippen LogP contribution in [0.1, 0.15) is 131 Å². The molecule has 0 aliphatic carbocycles. The third kappa shape index (κ3) is 25.2. The summed E-state index contributed by atoms with van der Waals surface area (Å²) in [5, 5.41) is 82.6. The maximum absolute atomic E-state index is 14.6. The van der Waals surface area contributed by atoms with Crippen LogP contribution >= 0.6 is 21.6 Å². The van der Waals surface area contributed by atoms with Gasteiger partial charge in [-0.25, -0.2) is 9.78 Å². The number of nitrogens with zero attached hydrogens (tertiary/aromatic N) is 4. The summed E-state index contributed by atoms with van der Waals surface area (Å²) in [6.45, 7) is 16.5. The van der Waals surface area contributed by atoms with Gasteiger partial charge in [-0.1, -0.05) is 64.3 Å². The quantitative estimate of drug-likeness (QED) is 0.0117. The van der Waals surface area contributed by atoms with Crippen LogP contribution in [-0.4, -0.2) is 204 Å². The molecule has 8 atom stereocenters. The number of nitrogens with two attached hydrogens (primary N) is 1. The van der Waals surface area contributed by atoms with E-state index in [-0.39, 0.29) is 82.2 Å². The molecule has 3 heterocycles. The number of carboxylic acid groups (broad SMARTS) is 1. The number of carboxylic acids is 1. The number of likely N-dealkylation sites (tertiary alicyclic amines) is 1. The number of hydrogen-bond acceptors (Lipinski definition) is 20. The zero-order valence-electron chi connectivity index (χ0n) is 53.0. The normalized spacial score (nSPS) is 19.5. The van der Waals surface area contributed by atoms with Gasteiger partial charge in [0.1, 0.15) is 48.0 Å². The fourth-order valence-electron chi connectivity index (χ4n) is 10.1. The largest absolute Gasteiger partial charge is 0.508 e. The van der Waals surface area contributed by atoms with E-state index in [9.17, 15) is 59.0 Å². The Balaban J connectivity index is 1.53. The van der Waals surface area contributed by atoms with Crippen LogP contribution in [0.3, 0.4) is 0 Å². The van der Waals surface area contributed by atoms with E-state index >= 15 is 0 Å². The highest BCUT2D eigenvalue weighted by molar-refractivity contribution is 8.76. The fourth-order valence-corrected chi connectivity index (χ4v) is 12.3. The number of aliphatic carboxylic acids is 1. The van der Waals surface area contributed by atoms with Gasteiger partial charge in [0.05, 0.1) is 35.4 Å². The van der Waals surface area contributed by atoms with Gasteiger partial charge in [0.25, 0.3) is 0 Å². The number of aromatic hydroxyl groups is 1. The standard InChI is InChI=1S/C59H97N17O12S2/c1-9-35(2)49(56(85)86)73-54(83)47-13-11-27-76(47)55(84)46(31-40-32-63-34-65-40)72-52(81)44-22-29-90-89-28-21-43(51(80)71-45(53(82)70-44)30-39-14-16-41(77)17-15-39)69-50(79)42(12-10-23-64-57(60)61)68-48(78)33-62-24-18-38(19-25-66-58(5,6)36(3)74-87)20-26-67-59(7,8)37(4)75-88/h14-17,32,34-35,38,42-47,49,62,66-67,77,87-88H,9-13,18-31,33H2,1-8H3,(H,63,65)(H,68,78)(H,69,79)(H,70,82)(H,71,80)(H,72,81)(H,73,83)(H,85,86)(H4,60,61,64)/b74-36-,75-37-/t35?,42-,43-,44-,45-,46-,47-,49-/m0/s1. The van der Waals surface area contributed by atoms with Crippen molar-refractivity contribution in [2.75, 3.05) is 50.8 Å². The number of guanidine groups is 1. The number of phenols is 1. The number of oxime groups is 2. The first kappa shape index (κ1) is 75.2. The van der Waals surface area contributed by atoms with Gasteiger partial charge < -0.3 is 89.4 Å². The summed E-state index contributed by atoms with van der Waals surface area (Å²) in [6, 6.07) is -2.57. The summed E-state index contributed by atoms with van der Waals surface area (Å²) in [7, 11) is 2.71. The molecule has 502 valence electrons. The molecular weight excluding hydrogens is 1200 g/mol. The molecule has 1 unspecified atom stereocenters. The lowest BCUT2D eigenvalue weighted by Crippen LogP contribution is -2.60. The third-order valence-electron chi connectivity index (χ3n) is 16.5. The van der Waals surface area contributed by atoms with E-state index in [2.05, 4.69) is 73.4 Å². The monoisotopic (exact) mass is 1300 g/mol. The highest BCUT2D eigenvalue weighted by atomic mass is 33.1. The fraction of sp³-hybridized carbons (Fsp3) is 0.661. The number of benzene rings is 1. The summed E-state index contributed by atoms with van der Waals surface area (Å²) >= 11 is 0. The van der Waals surface area contributed by atoms with E-state index in [0.29, 0.717) is 73.1 Å². The van der Waals surface area contributed by atoms with Crippen LogP contribution in [0.5, 0.6) is 5.75 Å². The molecule has 0 saturated carbocycles. The molecule has 0 spiro atoms. The van der Waals surface area contributed by atoms with Crippen LogP contribution in [0.4, 0.5) is 0 Å². The number of aromatic amines is 1. The molecule has 31 heteroatoms. The van der Waals surface area contributed by atoms with Crippen molar-refractivity contribution in [1.82, 2.24) is 68.0 Å². The Morgan fingerprint density at radius 1 is 0.833 bits per heavy atom. The van der Waals surface area contributed by atoms with Crippen LogP contribution in [0.15, 0.2) is 47.1 Å². The summed E-state index contributed by atoms with van der Waals surface area (Å²) in [5.41, 5.74) is 6.47. The van der Waals surface area contributed by atoms with E-state index in [1.807, 2.05) is 27.7 Å². The van der Waals surface area contributed by atoms with Crippen molar-refractivity contribution < 1.29 is 59.0 Å². The number of carbonyl (C=O) groups excluding carboxylic acids is 7. The molecule has 2 aromatic rings. The second-order valence-corrected chi connectivity index (χ2v) is 26.7. The Morgan fingerprint density at radius 3 is 2.06 bits per heavy atom. The van der Waals surface area contributed by atoms with Crippen molar-refractivity contribution in [3.63, 3.8) is 0 Å². The second-order valence-electron chi connectivity index (χ2n) is 24.0. The zero-order chi connectivity index (χ0) is 66.6. The average Bonchev–Trinajstić information content (AvgIpc) is 1.91. The Hall–Kier alpha value is -7.22. The molecule has 18 N–H and O–H groups in total. The molecule has 0 bridgehead atoms. The molecule has 7 amide bonds. The van der Waals surface area contributed by atoms with E-state index in [1.54, 1.807) is 39.8 Å². The molecule has 2 aliphatic heterocycles. The van der Waals surface area contributed by atoms with Gasteiger partial charge in [0.15, 0.2) is 5.96 Å². The summed E-state index contributed by atoms with van der Waals surface area (Å²) in [6.07, 6.45) is 6.50. The summed E-state index contributed by atoms with van der Waals surface area (Å²) in [4.78, 5) is 121. The first-order valence-electron chi connectivity index (χ1n) is 30.7. The molecule has 4 rings (SSSR count). The molecule has 1 aromatic heterocycles. The molecule has 2 fully saturated rings. The average molecular weight is 1300 g/mol. The Kier molecular flexibility index (Phi) is 31.6. The Morgan fingerprint density at radius 2 is 1.47 bits per heavy atom. The van der Waals surface area contributed by atoms with Crippen molar-refractivity contribution in [2.45, 2.75) is 186 Å². The highest BCUT2D eigenvalue weighted by Gasteiger charge is 2.41. The van der Waals surface area contributed by atoms with Crippen molar-refractivity contribution in [1.29, 1.82) is 5.41 Å².